The van der Waals surface area contributed by atoms with Crippen molar-refractivity contribution >= 4 is 29.0 Å². The highest BCUT2D eigenvalue weighted by Crippen LogP contribution is 2.30. The zero-order chi connectivity index (χ0) is 22.7. The third-order valence-corrected chi connectivity index (χ3v) is 5.82. The molecule has 1 aliphatic heterocycles. The Hall–Kier alpha value is -3.05. The number of pyridine rings is 2. The Bertz CT molecular complexity index is 985. The van der Waals surface area contributed by atoms with Crippen LogP contribution in [0.1, 0.15) is 36.0 Å². The van der Waals surface area contributed by atoms with Crippen molar-refractivity contribution in [2.75, 3.05) is 41.8 Å². The van der Waals surface area contributed by atoms with Crippen LogP contribution in [0.4, 0.5) is 31.9 Å². The van der Waals surface area contributed by atoms with Gasteiger partial charge in [-0.25, -0.2) is 18.7 Å². The van der Waals surface area contributed by atoms with Crippen LogP contribution < -0.4 is 27.0 Å². The van der Waals surface area contributed by atoms with Crippen LogP contribution in [0.15, 0.2) is 18.3 Å². The lowest BCUT2D eigenvalue weighted by molar-refractivity contribution is 0.100. The molecule has 2 atom stereocenters. The summed E-state index contributed by atoms with van der Waals surface area (Å²) in [5.74, 6) is -2.19. The summed E-state index contributed by atoms with van der Waals surface area (Å²) < 4.78 is 35.2. The summed E-state index contributed by atoms with van der Waals surface area (Å²) in [6, 6.07) is 2.13. The summed E-state index contributed by atoms with van der Waals surface area (Å²) in [5, 5.41) is 5.83. The molecule has 1 saturated heterocycles. The number of hydrogen-bond donors (Lipinski definition) is 4. The Morgan fingerprint density at radius 3 is 2.66 bits per heavy atom. The highest BCUT2D eigenvalue weighted by atomic mass is 19.1. The number of nitrogens with one attached hydrogen (secondary N) is 2. The Balaban J connectivity index is 1.64. The fraction of sp³-hybridized carbons (Fsp3) is 0.476. The third kappa shape index (κ3) is 4.73. The molecule has 0 spiro atoms. The lowest BCUT2D eigenvalue weighted by Crippen LogP contribution is -2.43. The summed E-state index contributed by atoms with van der Waals surface area (Å²) in [6.45, 7) is 1.96. The molecule has 0 aromatic carbocycles. The number of anilines is 4. The van der Waals surface area contributed by atoms with Gasteiger partial charge in [-0.3, -0.25) is 4.79 Å². The fourth-order valence-electron chi connectivity index (χ4n) is 4.04. The van der Waals surface area contributed by atoms with Gasteiger partial charge in [0, 0.05) is 31.4 Å². The van der Waals surface area contributed by atoms with E-state index in [-0.39, 0.29) is 40.8 Å². The molecule has 2 fully saturated rings. The molecule has 172 valence electrons. The number of carbonyl (C=O) groups is 1. The number of halogens is 2. The van der Waals surface area contributed by atoms with Gasteiger partial charge < -0.3 is 31.7 Å². The molecule has 4 rings (SSSR count). The van der Waals surface area contributed by atoms with Crippen molar-refractivity contribution in [2.45, 2.75) is 37.8 Å². The number of aromatic nitrogens is 2. The van der Waals surface area contributed by atoms with Crippen LogP contribution in [-0.2, 0) is 4.74 Å². The number of ether oxygens (including phenoxy) is 1. The Morgan fingerprint density at radius 1 is 1.19 bits per heavy atom. The smallest absolute Gasteiger partial charge is 0.252 e. The quantitative estimate of drug-likeness (QED) is 0.530. The van der Waals surface area contributed by atoms with Gasteiger partial charge in [0.1, 0.15) is 5.82 Å². The molecule has 1 amide bonds. The highest BCUT2D eigenvalue weighted by Gasteiger charge is 2.25. The molecule has 2 aliphatic rings. The molecule has 1 saturated carbocycles. The van der Waals surface area contributed by atoms with E-state index in [9.17, 15) is 9.18 Å². The summed E-state index contributed by atoms with van der Waals surface area (Å²) in [4.78, 5) is 22.1. The fourth-order valence-corrected chi connectivity index (χ4v) is 4.04. The SMILES string of the molecule is NC(=O)c1cc(F)c(N[C@@H]2CCCC[C@@H]2N)nc1Nc1ccnc(N2CCOCC2)c1F. The summed E-state index contributed by atoms with van der Waals surface area (Å²) in [7, 11) is 0. The molecular formula is C21H27F2N7O2. The van der Waals surface area contributed by atoms with E-state index in [1.165, 1.54) is 12.3 Å². The second-order valence-corrected chi connectivity index (χ2v) is 8.00. The van der Waals surface area contributed by atoms with Crippen molar-refractivity contribution in [3.8, 4) is 0 Å². The predicted molar refractivity (Wildman–Crippen MR) is 117 cm³/mol. The lowest BCUT2D eigenvalue weighted by atomic mass is 9.91. The summed E-state index contributed by atoms with van der Waals surface area (Å²) in [5.41, 5.74) is 11.4. The van der Waals surface area contributed by atoms with E-state index in [4.69, 9.17) is 16.2 Å². The van der Waals surface area contributed by atoms with E-state index in [2.05, 4.69) is 20.6 Å². The monoisotopic (exact) mass is 447 g/mol. The van der Waals surface area contributed by atoms with Gasteiger partial charge >= 0.3 is 0 Å². The number of hydrogen-bond acceptors (Lipinski definition) is 8. The first kappa shape index (κ1) is 22.2. The zero-order valence-corrected chi connectivity index (χ0v) is 17.6. The number of morpholine rings is 1. The standard InChI is InChI=1S/C21H27F2N7O2/c22-13-11-12(18(25)31)19(29-20(13)27-15-4-2-1-3-14(15)24)28-16-5-6-26-21(17(16)23)30-7-9-32-10-8-30/h5-6,11,14-15H,1-4,7-10,24H2,(H2,25,31)(H2,26,27,28,29)/t14-,15+/m0/s1. The van der Waals surface area contributed by atoms with E-state index in [0.29, 0.717) is 26.3 Å². The van der Waals surface area contributed by atoms with Crippen LogP contribution >= 0.6 is 0 Å². The molecule has 3 heterocycles. The molecule has 32 heavy (non-hydrogen) atoms. The maximum Gasteiger partial charge on any atom is 0.252 e. The Labute approximate surface area is 184 Å². The number of nitrogens with zero attached hydrogens (tertiary/aromatic N) is 3. The van der Waals surface area contributed by atoms with Crippen LogP contribution in [0.25, 0.3) is 0 Å². The Morgan fingerprint density at radius 2 is 1.94 bits per heavy atom. The molecule has 1 aliphatic carbocycles. The molecule has 11 heteroatoms. The largest absolute Gasteiger partial charge is 0.378 e. The van der Waals surface area contributed by atoms with Crippen LogP contribution in [0.2, 0.25) is 0 Å². The van der Waals surface area contributed by atoms with E-state index in [1.54, 1.807) is 4.90 Å². The van der Waals surface area contributed by atoms with Gasteiger partial charge in [-0.15, -0.1) is 0 Å². The van der Waals surface area contributed by atoms with Gasteiger partial charge in [-0.05, 0) is 25.0 Å². The normalized spacial score (nSPS) is 21.3. The molecule has 0 bridgehead atoms. The van der Waals surface area contributed by atoms with Gasteiger partial charge in [0.25, 0.3) is 5.91 Å². The van der Waals surface area contributed by atoms with Crippen molar-refractivity contribution in [3.63, 3.8) is 0 Å². The maximum atomic E-state index is 15.2. The van der Waals surface area contributed by atoms with E-state index < -0.39 is 17.5 Å². The zero-order valence-electron chi connectivity index (χ0n) is 17.6. The maximum absolute atomic E-state index is 15.2. The average Bonchev–Trinajstić information content (AvgIpc) is 2.79. The molecule has 0 unspecified atom stereocenters. The highest BCUT2D eigenvalue weighted by molar-refractivity contribution is 5.98. The second-order valence-electron chi connectivity index (χ2n) is 8.00. The van der Waals surface area contributed by atoms with Crippen LogP contribution in [0, 0.1) is 11.6 Å². The van der Waals surface area contributed by atoms with Gasteiger partial charge in [0.15, 0.2) is 23.3 Å². The van der Waals surface area contributed by atoms with Crippen LogP contribution in [-0.4, -0.2) is 54.3 Å². The topological polar surface area (TPSA) is 131 Å². The van der Waals surface area contributed by atoms with Gasteiger partial charge in [0.2, 0.25) is 0 Å². The first-order valence-electron chi connectivity index (χ1n) is 10.7. The van der Waals surface area contributed by atoms with Gasteiger partial charge in [-0.1, -0.05) is 12.8 Å². The van der Waals surface area contributed by atoms with E-state index in [1.807, 2.05) is 0 Å². The van der Waals surface area contributed by atoms with Crippen LogP contribution in [0.3, 0.4) is 0 Å². The van der Waals surface area contributed by atoms with Crippen molar-refractivity contribution < 1.29 is 18.3 Å². The van der Waals surface area contributed by atoms with Gasteiger partial charge in [-0.2, -0.15) is 0 Å². The van der Waals surface area contributed by atoms with Gasteiger partial charge in [0.05, 0.1) is 24.5 Å². The molecule has 2 aromatic rings. The summed E-state index contributed by atoms with van der Waals surface area (Å²) >= 11 is 0. The molecule has 0 radical (unpaired) electrons. The minimum atomic E-state index is -0.886. The second kappa shape index (κ2) is 9.61. The Kier molecular flexibility index (Phi) is 6.66. The van der Waals surface area contributed by atoms with Crippen LogP contribution in [0.5, 0.6) is 0 Å². The number of primary amides is 1. The van der Waals surface area contributed by atoms with Crippen molar-refractivity contribution in [1.82, 2.24) is 9.97 Å². The number of nitrogens with two attached hydrogens (primary N) is 2. The molecule has 2 aromatic heterocycles. The van der Waals surface area contributed by atoms with E-state index >= 15 is 4.39 Å². The minimum absolute atomic E-state index is 0.0448. The van der Waals surface area contributed by atoms with Crippen molar-refractivity contribution in [3.05, 3.63) is 35.5 Å². The van der Waals surface area contributed by atoms with Crippen molar-refractivity contribution in [2.24, 2.45) is 11.5 Å². The summed E-state index contributed by atoms with van der Waals surface area (Å²) in [6.07, 6.45) is 5.06. The molecular weight excluding hydrogens is 420 g/mol. The minimum Gasteiger partial charge on any atom is -0.378 e. The predicted octanol–water partition coefficient (Wildman–Crippen LogP) is 2.12. The van der Waals surface area contributed by atoms with Crippen molar-refractivity contribution in [1.29, 1.82) is 0 Å². The number of rotatable bonds is 6. The number of carbonyl (C=O) groups excluding carboxylic acids is 1. The first-order valence-corrected chi connectivity index (χ1v) is 10.7. The van der Waals surface area contributed by atoms with E-state index in [0.717, 1.165) is 31.7 Å². The average molecular weight is 447 g/mol. The molecule has 9 nitrogen and oxygen atoms in total. The molecule has 6 N–H and O–H groups in total. The lowest BCUT2D eigenvalue weighted by Gasteiger charge is -2.30. The third-order valence-electron chi connectivity index (χ3n) is 5.82. The first-order chi connectivity index (χ1) is 15.4. The number of amides is 1.